The maximum Gasteiger partial charge on any atom is 0.259 e. The number of amides is 2. The molecule has 0 radical (unpaired) electrons. The van der Waals surface area contributed by atoms with Crippen LogP contribution in [0, 0.1) is 12.3 Å². The van der Waals surface area contributed by atoms with Crippen LogP contribution in [0.2, 0.25) is 0 Å². The van der Waals surface area contributed by atoms with Gasteiger partial charge < -0.3 is 9.80 Å². The molecule has 6 heterocycles. The molecule has 2 aliphatic heterocycles. The maximum absolute atomic E-state index is 15.7. The van der Waals surface area contributed by atoms with E-state index in [9.17, 15) is 4.79 Å². The number of rotatable bonds is 49. The number of unbranched alkanes of at least 4 members (excludes halogenated alkanes) is 36. The average Bonchev–Trinajstić information content (AvgIpc) is 1.59. The van der Waals surface area contributed by atoms with E-state index >= 15 is 4.79 Å². The zero-order valence-corrected chi connectivity index (χ0v) is 65.3. The van der Waals surface area contributed by atoms with Gasteiger partial charge in [-0.3, -0.25) is 9.59 Å². The van der Waals surface area contributed by atoms with Crippen molar-refractivity contribution in [3.8, 4) is 19.5 Å². The van der Waals surface area contributed by atoms with Crippen LogP contribution in [0.25, 0.3) is 64.6 Å². The molecule has 0 spiro atoms. The van der Waals surface area contributed by atoms with Crippen molar-refractivity contribution >= 4 is 102 Å². The summed E-state index contributed by atoms with van der Waals surface area (Å²) in [4.78, 5) is 45.7. The number of carbonyl (C=O) groups is 2. The summed E-state index contributed by atoms with van der Waals surface area (Å²) >= 11 is 7.73. The van der Waals surface area contributed by atoms with Gasteiger partial charge in [-0.1, -0.05) is 304 Å². The number of hydrogen-bond acceptors (Lipinski definition) is 6. The number of nitrogens with zero attached hydrogens (tertiary/aromatic N) is 2. The Labute approximate surface area is 605 Å². The van der Waals surface area contributed by atoms with Gasteiger partial charge in [0, 0.05) is 68.8 Å². The number of fused-ring (bicyclic) bond motifs is 6. The third-order valence-corrected chi connectivity index (χ3v) is 25.7. The number of hydrogen-bond donors (Lipinski definition) is 0. The molecule has 0 bridgehead atoms. The Bertz CT molecular complexity index is 3700. The summed E-state index contributed by atoms with van der Waals surface area (Å²) < 4.78 is 0. The highest BCUT2D eigenvalue weighted by atomic mass is 32.1. The Balaban J connectivity index is 0.986. The van der Waals surface area contributed by atoms with Crippen molar-refractivity contribution in [2.24, 2.45) is 5.41 Å². The molecule has 0 fully saturated rings. The van der Waals surface area contributed by atoms with Gasteiger partial charge in [0.1, 0.15) is 0 Å². The molecule has 8 heteroatoms. The molecule has 2 aliphatic rings. The van der Waals surface area contributed by atoms with Gasteiger partial charge in [0.25, 0.3) is 11.8 Å². The number of carbonyl (C=O) groups excluding carboxylic acids is 2. The second-order valence-corrected chi connectivity index (χ2v) is 34.8. The predicted octanol–water partition coefficient (Wildman–Crippen LogP) is 28.0. The van der Waals surface area contributed by atoms with E-state index in [1.54, 1.807) is 0 Å². The van der Waals surface area contributed by atoms with Crippen molar-refractivity contribution in [1.82, 2.24) is 9.80 Å². The van der Waals surface area contributed by atoms with E-state index < -0.39 is 0 Å². The first-order valence-electron chi connectivity index (χ1n) is 40.0. The summed E-state index contributed by atoms with van der Waals surface area (Å²) in [6, 6.07) is 27.8. The third-order valence-electron chi connectivity index (χ3n) is 21.0. The molecule has 4 aromatic heterocycles. The van der Waals surface area contributed by atoms with Crippen LogP contribution >= 0.6 is 45.3 Å². The highest BCUT2D eigenvalue weighted by molar-refractivity contribution is 7.23. The van der Waals surface area contributed by atoms with Crippen molar-refractivity contribution in [2.45, 2.75) is 325 Å². The lowest BCUT2D eigenvalue weighted by Crippen LogP contribution is -2.32. The minimum atomic E-state index is -0.200. The minimum absolute atomic E-state index is 0.125. The summed E-state index contributed by atoms with van der Waals surface area (Å²) in [6.07, 6.45) is 59.1. The van der Waals surface area contributed by atoms with Crippen molar-refractivity contribution in [1.29, 1.82) is 0 Å². The summed E-state index contributed by atoms with van der Waals surface area (Å²) in [5.41, 5.74) is 6.65. The lowest BCUT2D eigenvalue weighted by molar-refractivity contribution is 0.0827. The molecule has 0 saturated carbocycles. The summed E-state index contributed by atoms with van der Waals surface area (Å²) in [5, 5.41) is 6.19. The fourth-order valence-electron chi connectivity index (χ4n) is 15.6. The molecular formula is C89H126N2O2S4. The fourth-order valence-corrected chi connectivity index (χ4v) is 20.0. The SMILES string of the molecule is CCCCCCCCCCCCc1cc(C)sc1-c1ccc(/C=C/c2ccc(-c3sc(C4=c5ccc6cc7c8c(ccc7cc6c5C(=O)N4CCCCCCCCCCCC)=C(C(C)(C)C)N(CCCCCCCCCCCC)C8=O)cc3CCCCCCCCCCCC)s2)s1. The van der Waals surface area contributed by atoms with Gasteiger partial charge in [-0.05, 0) is 139 Å². The van der Waals surface area contributed by atoms with E-state index in [0.29, 0.717) is 6.54 Å². The van der Waals surface area contributed by atoms with E-state index in [2.05, 4.69) is 150 Å². The van der Waals surface area contributed by atoms with E-state index in [0.717, 1.165) is 93.2 Å². The van der Waals surface area contributed by atoms with E-state index in [-0.39, 0.29) is 17.2 Å². The molecule has 528 valence electrons. The third kappa shape index (κ3) is 22.0. The molecule has 97 heavy (non-hydrogen) atoms. The first-order chi connectivity index (χ1) is 47.4. The van der Waals surface area contributed by atoms with Gasteiger partial charge in [-0.25, -0.2) is 0 Å². The smallest absolute Gasteiger partial charge is 0.259 e. The Morgan fingerprint density at radius 3 is 1.15 bits per heavy atom. The highest BCUT2D eigenvalue weighted by Crippen LogP contribution is 2.45. The van der Waals surface area contributed by atoms with E-state index in [4.69, 9.17) is 0 Å². The van der Waals surface area contributed by atoms with E-state index in [1.807, 2.05) is 45.3 Å². The quantitative estimate of drug-likeness (QED) is 0.0282. The van der Waals surface area contributed by atoms with Crippen LogP contribution in [0.3, 0.4) is 0 Å². The molecule has 0 saturated heterocycles. The van der Waals surface area contributed by atoms with Crippen molar-refractivity contribution < 1.29 is 9.59 Å². The standard InChI is InChI=1S/C89H126N2O2S4/c1-9-13-17-21-25-29-33-37-41-45-49-70-63-67(5)94-84(70)78-59-55-72(95-78)53-54-73-56-60-79(96-73)85-71(50-46-42-38-34-30-26-22-18-14-10-2)66-80(97-85)83-74-57-51-68-65-77-69(64-76(68)81(74)87(92)90(83)61-47-43-39-35-31-27-23-19-15-11-3)52-58-75-82(77)88(93)91(86(75)89(6,7)8)62-48-44-40-36-32-28-24-20-16-12-4/h51-60,63-66H,9-50,61-62H2,1-8H3/b54-53+. The van der Waals surface area contributed by atoms with E-state index in [1.165, 1.54) is 288 Å². The fraction of sp³-hybridized carbons (Fsp3) is 0.596. The van der Waals surface area contributed by atoms with Gasteiger partial charge in [0.05, 0.1) is 21.7 Å². The molecule has 0 atom stereocenters. The van der Waals surface area contributed by atoms with Crippen LogP contribution in [0.4, 0.5) is 0 Å². The Morgan fingerprint density at radius 1 is 0.361 bits per heavy atom. The molecule has 2 amide bonds. The monoisotopic (exact) mass is 1380 g/mol. The van der Waals surface area contributed by atoms with Crippen LogP contribution < -0.4 is 10.4 Å². The Morgan fingerprint density at radius 2 is 0.722 bits per heavy atom. The molecule has 7 aromatic rings. The zero-order chi connectivity index (χ0) is 68.2. The first kappa shape index (κ1) is 76.6. The van der Waals surface area contributed by atoms with Gasteiger partial charge in [0.2, 0.25) is 0 Å². The topological polar surface area (TPSA) is 40.6 Å². The molecule has 0 unspecified atom stereocenters. The summed E-state index contributed by atoms with van der Waals surface area (Å²) in [7, 11) is 0. The van der Waals surface area contributed by atoms with Crippen LogP contribution in [0.1, 0.15) is 357 Å². The first-order valence-corrected chi connectivity index (χ1v) is 43.2. The molecular weight excluding hydrogens is 1260 g/mol. The minimum Gasteiger partial charge on any atom is -0.311 e. The lowest BCUT2D eigenvalue weighted by atomic mass is 9.89. The second-order valence-electron chi connectivity index (χ2n) is 30.3. The Kier molecular flexibility index (Phi) is 32.2. The summed E-state index contributed by atoms with van der Waals surface area (Å²) in [5.74, 6) is 0.261. The molecule has 3 aromatic carbocycles. The normalized spacial score (nSPS) is 13.4. The second kappa shape index (κ2) is 40.7. The summed E-state index contributed by atoms with van der Waals surface area (Å²) in [6.45, 7) is 19.7. The Hall–Kier alpha value is -4.60. The predicted molar refractivity (Wildman–Crippen MR) is 432 cm³/mol. The van der Waals surface area contributed by atoms with Crippen molar-refractivity contribution in [2.75, 3.05) is 13.1 Å². The highest BCUT2D eigenvalue weighted by Gasteiger charge is 2.37. The number of thiophene rings is 4. The maximum atomic E-state index is 15.7. The van der Waals surface area contributed by atoms with Gasteiger partial charge in [0.15, 0.2) is 0 Å². The number of aryl methyl sites for hydroxylation is 3. The zero-order valence-electron chi connectivity index (χ0n) is 62.0. The van der Waals surface area contributed by atoms with Gasteiger partial charge in [-0.15, -0.1) is 45.3 Å². The van der Waals surface area contributed by atoms with Crippen LogP contribution in [-0.2, 0) is 12.8 Å². The molecule has 0 aliphatic carbocycles. The molecule has 9 rings (SSSR count). The molecule has 0 N–H and O–H groups in total. The van der Waals surface area contributed by atoms with Crippen LogP contribution in [-0.4, -0.2) is 34.7 Å². The number of benzene rings is 3. The largest absolute Gasteiger partial charge is 0.311 e. The van der Waals surface area contributed by atoms with Crippen LogP contribution in [0.5, 0.6) is 0 Å². The molecule has 4 nitrogen and oxygen atoms in total. The van der Waals surface area contributed by atoms with Crippen molar-refractivity contribution in [3.63, 3.8) is 0 Å². The van der Waals surface area contributed by atoms with Gasteiger partial charge in [-0.2, -0.15) is 0 Å². The average molecular weight is 1380 g/mol. The van der Waals surface area contributed by atoms with Crippen molar-refractivity contribution in [3.05, 3.63) is 125 Å². The lowest BCUT2D eigenvalue weighted by Gasteiger charge is -2.30. The van der Waals surface area contributed by atoms with Crippen LogP contribution in [0.15, 0.2) is 72.8 Å². The van der Waals surface area contributed by atoms with Gasteiger partial charge >= 0.3 is 0 Å².